The monoisotopic (exact) mass is 322 g/mol. The number of amides is 1. The summed E-state index contributed by atoms with van der Waals surface area (Å²) in [5.74, 6) is -0.0202. The van der Waals surface area contributed by atoms with Crippen molar-refractivity contribution in [2.45, 2.75) is 6.54 Å². The molecule has 110 valence electrons. The molecule has 0 saturated carbocycles. The number of hydrogen-bond donors (Lipinski definition) is 1. The van der Waals surface area contributed by atoms with E-state index in [2.05, 4.69) is 5.32 Å². The quantitative estimate of drug-likeness (QED) is 0.909. The standard InChI is InChI=1S/C16H16Cl2N2O/c1-20(2)16(21)12-4-3-5-13(9-12)19-10-11-6-7-14(17)15(18)8-11/h3-9,19H,10H2,1-2H3. The Morgan fingerprint density at radius 2 is 1.86 bits per heavy atom. The second-order valence-electron chi connectivity index (χ2n) is 4.88. The average Bonchev–Trinajstić information content (AvgIpc) is 2.48. The van der Waals surface area contributed by atoms with Gasteiger partial charge in [-0.3, -0.25) is 4.79 Å². The number of nitrogens with zero attached hydrogens (tertiary/aromatic N) is 1. The number of hydrogen-bond acceptors (Lipinski definition) is 2. The largest absolute Gasteiger partial charge is 0.381 e. The van der Waals surface area contributed by atoms with Crippen LogP contribution in [-0.4, -0.2) is 24.9 Å². The number of rotatable bonds is 4. The first-order chi connectivity index (χ1) is 9.97. The number of anilines is 1. The molecule has 5 heteroatoms. The second kappa shape index (κ2) is 6.83. The molecule has 21 heavy (non-hydrogen) atoms. The summed E-state index contributed by atoms with van der Waals surface area (Å²) in [6.45, 7) is 0.608. The zero-order valence-corrected chi connectivity index (χ0v) is 13.4. The van der Waals surface area contributed by atoms with Crippen LogP contribution in [0.3, 0.4) is 0 Å². The highest BCUT2D eigenvalue weighted by Gasteiger charge is 2.08. The third-order valence-electron chi connectivity index (χ3n) is 3.00. The van der Waals surface area contributed by atoms with Crippen LogP contribution in [0.2, 0.25) is 10.0 Å². The van der Waals surface area contributed by atoms with Gasteiger partial charge >= 0.3 is 0 Å². The molecular weight excluding hydrogens is 307 g/mol. The molecule has 0 aliphatic carbocycles. The summed E-state index contributed by atoms with van der Waals surface area (Å²) >= 11 is 11.9. The second-order valence-corrected chi connectivity index (χ2v) is 5.70. The van der Waals surface area contributed by atoms with Crippen LogP contribution in [0.4, 0.5) is 5.69 Å². The fourth-order valence-corrected chi connectivity index (χ4v) is 2.19. The zero-order valence-electron chi connectivity index (χ0n) is 11.9. The molecule has 0 aromatic heterocycles. The van der Waals surface area contributed by atoms with Gasteiger partial charge in [-0.05, 0) is 35.9 Å². The van der Waals surface area contributed by atoms with Crippen molar-refractivity contribution >= 4 is 34.8 Å². The van der Waals surface area contributed by atoms with Gasteiger partial charge in [-0.1, -0.05) is 35.3 Å². The lowest BCUT2D eigenvalue weighted by Gasteiger charge is -2.12. The summed E-state index contributed by atoms with van der Waals surface area (Å²) in [5.41, 5.74) is 2.56. The van der Waals surface area contributed by atoms with Crippen LogP contribution < -0.4 is 5.32 Å². The van der Waals surface area contributed by atoms with E-state index in [0.29, 0.717) is 22.2 Å². The zero-order chi connectivity index (χ0) is 15.4. The highest BCUT2D eigenvalue weighted by molar-refractivity contribution is 6.42. The average molecular weight is 323 g/mol. The molecule has 1 amide bonds. The van der Waals surface area contributed by atoms with E-state index in [4.69, 9.17) is 23.2 Å². The number of halogens is 2. The number of carbonyl (C=O) groups excluding carboxylic acids is 1. The summed E-state index contributed by atoms with van der Waals surface area (Å²) in [7, 11) is 3.47. The Morgan fingerprint density at radius 1 is 1.10 bits per heavy atom. The van der Waals surface area contributed by atoms with Gasteiger partial charge in [0.15, 0.2) is 0 Å². The van der Waals surface area contributed by atoms with Gasteiger partial charge in [-0.2, -0.15) is 0 Å². The normalized spacial score (nSPS) is 10.3. The summed E-state index contributed by atoms with van der Waals surface area (Å²) in [5, 5.41) is 4.34. The van der Waals surface area contributed by atoms with Gasteiger partial charge in [0.25, 0.3) is 5.91 Å². The number of benzene rings is 2. The fourth-order valence-electron chi connectivity index (χ4n) is 1.87. The molecule has 0 unspecified atom stereocenters. The topological polar surface area (TPSA) is 32.3 Å². The highest BCUT2D eigenvalue weighted by atomic mass is 35.5. The van der Waals surface area contributed by atoms with Gasteiger partial charge in [0.1, 0.15) is 0 Å². The summed E-state index contributed by atoms with van der Waals surface area (Å²) in [4.78, 5) is 13.5. The molecule has 1 N–H and O–H groups in total. The lowest BCUT2D eigenvalue weighted by Crippen LogP contribution is -2.21. The molecule has 0 aliphatic heterocycles. The smallest absolute Gasteiger partial charge is 0.253 e. The first-order valence-electron chi connectivity index (χ1n) is 6.47. The van der Waals surface area contributed by atoms with Crippen molar-refractivity contribution in [1.82, 2.24) is 4.90 Å². The molecule has 2 aromatic carbocycles. The third-order valence-corrected chi connectivity index (χ3v) is 3.74. The molecule has 0 fully saturated rings. The van der Waals surface area contributed by atoms with Crippen LogP contribution in [-0.2, 0) is 6.54 Å². The predicted molar refractivity (Wildman–Crippen MR) is 88.2 cm³/mol. The molecule has 0 heterocycles. The highest BCUT2D eigenvalue weighted by Crippen LogP contribution is 2.23. The van der Waals surface area contributed by atoms with Gasteiger partial charge in [0.2, 0.25) is 0 Å². The number of carbonyl (C=O) groups is 1. The van der Waals surface area contributed by atoms with Crippen LogP contribution in [0.5, 0.6) is 0 Å². The van der Waals surface area contributed by atoms with E-state index in [1.54, 1.807) is 31.1 Å². The maximum Gasteiger partial charge on any atom is 0.253 e. The molecule has 2 aromatic rings. The van der Waals surface area contributed by atoms with E-state index < -0.39 is 0 Å². The minimum atomic E-state index is -0.0202. The van der Waals surface area contributed by atoms with E-state index in [9.17, 15) is 4.79 Å². The Kier molecular flexibility index (Phi) is 5.10. The van der Waals surface area contributed by atoms with Crippen LogP contribution in [0.25, 0.3) is 0 Å². The van der Waals surface area contributed by atoms with Crippen molar-refractivity contribution in [3.8, 4) is 0 Å². The molecule has 0 saturated heterocycles. The van der Waals surface area contributed by atoms with Gasteiger partial charge in [0, 0.05) is 31.9 Å². The lowest BCUT2D eigenvalue weighted by atomic mass is 10.1. The Bertz CT molecular complexity index is 656. The van der Waals surface area contributed by atoms with E-state index >= 15 is 0 Å². The first kappa shape index (κ1) is 15.7. The fraction of sp³-hybridized carbons (Fsp3) is 0.188. The SMILES string of the molecule is CN(C)C(=O)c1cccc(NCc2ccc(Cl)c(Cl)c2)c1. The molecule has 3 nitrogen and oxygen atoms in total. The maximum absolute atomic E-state index is 11.9. The molecule has 2 rings (SSSR count). The van der Waals surface area contributed by atoms with E-state index in [0.717, 1.165) is 11.3 Å². The van der Waals surface area contributed by atoms with E-state index in [1.165, 1.54) is 0 Å². The minimum Gasteiger partial charge on any atom is -0.381 e. The molecule has 0 radical (unpaired) electrons. The van der Waals surface area contributed by atoms with Crippen LogP contribution >= 0.6 is 23.2 Å². The van der Waals surface area contributed by atoms with Gasteiger partial charge in [-0.15, -0.1) is 0 Å². The minimum absolute atomic E-state index is 0.0202. The molecule has 0 aliphatic rings. The predicted octanol–water partition coefficient (Wildman–Crippen LogP) is 4.31. The molecular formula is C16H16Cl2N2O. The Hall–Kier alpha value is -1.71. The van der Waals surface area contributed by atoms with Gasteiger partial charge in [0.05, 0.1) is 10.0 Å². The third kappa shape index (κ3) is 4.13. The van der Waals surface area contributed by atoms with Crippen LogP contribution in [0.1, 0.15) is 15.9 Å². The lowest BCUT2D eigenvalue weighted by molar-refractivity contribution is 0.0827. The maximum atomic E-state index is 11.9. The van der Waals surface area contributed by atoms with E-state index in [-0.39, 0.29) is 5.91 Å². The summed E-state index contributed by atoms with van der Waals surface area (Å²) in [6, 6.07) is 12.9. The van der Waals surface area contributed by atoms with Crippen molar-refractivity contribution in [2.75, 3.05) is 19.4 Å². The summed E-state index contributed by atoms with van der Waals surface area (Å²) in [6.07, 6.45) is 0. The van der Waals surface area contributed by atoms with Crippen LogP contribution in [0.15, 0.2) is 42.5 Å². The first-order valence-corrected chi connectivity index (χ1v) is 7.22. The van der Waals surface area contributed by atoms with E-state index in [1.807, 2.05) is 30.3 Å². The molecule has 0 spiro atoms. The van der Waals surface area contributed by atoms with Crippen molar-refractivity contribution in [3.63, 3.8) is 0 Å². The number of nitrogens with one attached hydrogen (secondary N) is 1. The Morgan fingerprint density at radius 3 is 2.52 bits per heavy atom. The van der Waals surface area contributed by atoms with Crippen molar-refractivity contribution < 1.29 is 4.79 Å². The van der Waals surface area contributed by atoms with Crippen molar-refractivity contribution in [3.05, 3.63) is 63.6 Å². The van der Waals surface area contributed by atoms with Crippen LogP contribution in [0, 0.1) is 0 Å². The van der Waals surface area contributed by atoms with Gasteiger partial charge in [-0.25, -0.2) is 0 Å². The molecule has 0 bridgehead atoms. The van der Waals surface area contributed by atoms with Crippen molar-refractivity contribution in [1.29, 1.82) is 0 Å². The summed E-state index contributed by atoms with van der Waals surface area (Å²) < 4.78 is 0. The molecule has 0 atom stereocenters. The Labute approximate surface area is 134 Å². The van der Waals surface area contributed by atoms with Gasteiger partial charge < -0.3 is 10.2 Å². The van der Waals surface area contributed by atoms with Crippen molar-refractivity contribution in [2.24, 2.45) is 0 Å². The Balaban J connectivity index is 2.08.